The van der Waals surface area contributed by atoms with E-state index in [2.05, 4.69) is 41.8 Å². The van der Waals surface area contributed by atoms with Crippen molar-refractivity contribution in [3.8, 4) is 0 Å². The van der Waals surface area contributed by atoms with Gasteiger partial charge in [-0.2, -0.15) is 0 Å². The van der Waals surface area contributed by atoms with Gasteiger partial charge in [0.2, 0.25) is 0 Å². The molecule has 0 saturated heterocycles. The van der Waals surface area contributed by atoms with Crippen molar-refractivity contribution in [2.45, 2.75) is 0 Å². The Labute approximate surface area is 315 Å². The maximum Gasteiger partial charge on any atom is 2.00 e. The molecule has 0 spiro atoms. The fourth-order valence-corrected chi connectivity index (χ4v) is 4.87. The molecule has 0 atom stereocenters. The van der Waals surface area contributed by atoms with Gasteiger partial charge in [0.25, 0.3) is 0 Å². The standard InChI is InChI=1S/2C21H16BrN2.Co/c2*22-18-13-11-17(12-14-18)21(24-20-9-5-2-6-10-20)15-16-23-19-7-3-1-4-8-19;/h2*1-16H;/q2*-1;+2/b2*21-15-,23-16?;. The quantitative estimate of drug-likeness (QED) is 0.124. The van der Waals surface area contributed by atoms with Crippen LogP contribution in [-0.2, 0) is 16.8 Å². The molecule has 49 heavy (non-hydrogen) atoms. The van der Waals surface area contributed by atoms with Crippen LogP contribution in [0.1, 0.15) is 11.1 Å². The number of hydrogen-bond donors (Lipinski definition) is 0. The van der Waals surface area contributed by atoms with E-state index in [-0.39, 0.29) is 16.8 Å². The molecule has 6 aromatic rings. The van der Waals surface area contributed by atoms with E-state index in [0.717, 1.165) is 54.2 Å². The molecule has 6 aromatic carbocycles. The first-order valence-corrected chi connectivity index (χ1v) is 16.9. The van der Waals surface area contributed by atoms with Crippen LogP contribution >= 0.6 is 31.9 Å². The molecule has 0 N–H and O–H groups in total. The van der Waals surface area contributed by atoms with Gasteiger partial charge in [-0.15, -0.1) is 22.8 Å². The van der Waals surface area contributed by atoms with Crippen molar-refractivity contribution in [1.82, 2.24) is 0 Å². The Morgan fingerprint density at radius 3 is 1.04 bits per heavy atom. The molecular weight excluding hydrogens is 779 g/mol. The number of halogens is 2. The molecule has 0 unspecified atom stereocenters. The SMILES string of the molecule is Brc1ccc(/C(=C/C=Nc2ccccc2)[N-]c2ccccc2)cc1.Brc1ccc(/C(=C/C=Nc2ccccc2)[N-]c2ccccc2)cc1.[Co+2]. The van der Waals surface area contributed by atoms with Crippen molar-refractivity contribution in [3.63, 3.8) is 0 Å². The number of nitrogens with zero attached hydrogens (tertiary/aromatic N) is 4. The fraction of sp³-hybridized carbons (Fsp3) is 0. The van der Waals surface area contributed by atoms with Gasteiger partial charge in [0, 0.05) is 21.4 Å². The van der Waals surface area contributed by atoms with Crippen LogP contribution in [0.15, 0.2) is 201 Å². The van der Waals surface area contributed by atoms with E-state index >= 15 is 0 Å². The van der Waals surface area contributed by atoms with Crippen LogP contribution in [0, 0.1) is 0 Å². The second-order valence-corrected chi connectivity index (χ2v) is 12.1. The van der Waals surface area contributed by atoms with Gasteiger partial charge in [0.15, 0.2) is 0 Å². The molecule has 6 rings (SSSR count). The predicted octanol–water partition coefficient (Wildman–Crippen LogP) is 13.8. The summed E-state index contributed by atoms with van der Waals surface area (Å²) in [5.74, 6) is 0. The molecule has 4 nitrogen and oxygen atoms in total. The third-order valence-electron chi connectivity index (χ3n) is 6.72. The average Bonchev–Trinajstić information content (AvgIpc) is 3.14. The number of benzene rings is 6. The molecule has 7 heteroatoms. The maximum absolute atomic E-state index is 4.74. The third kappa shape index (κ3) is 13.0. The van der Waals surface area contributed by atoms with E-state index in [0.29, 0.717) is 0 Å². The smallest absolute Gasteiger partial charge is 0.657 e. The van der Waals surface area contributed by atoms with Crippen molar-refractivity contribution in [2.75, 3.05) is 0 Å². The summed E-state index contributed by atoms with van der Waals surface area (Å²) in [4.78, 5) is 8.92. The van der Waals surface area contributed by atoms with Crippen molar-refractivity contribution >= 4 is 78.4 Å². The zero-order valence-corrected chi connectivity index (χ0v) is 30.6. The van der Waals surface area contributed by atoms with Crippen LogP contribution < -0.4 is 0 Å². The van der Waals surface area contributed by atoms with Crippen LogP contribution in [0.4, 0.5) is 22.7 Å². The first kappa shape index (κ1) is 37.0. The Morgan fingerprint density at radius 2 is 0.714 bits per heavy atom. The molecule has 0 aliphatic carbocycles. The monoisotopic (exact) mass is 809 g/mol. The third-order valence-corrected chi connectivity index (χ3v) is 7.77. The van der Waals surface area contributed by atoms with Gasteiger partial charge in [0.05, 0.1) is 11.4 Å². The van der Waals surface area contributed by atoms with Gasteiger partial charge in [-0.1, -0.05) is 165 Å². The first-order valence-electron chi connectivity index (χ1n) is 15.3. The average molecular weight is 811 g/mol. The molecule has 0 aliphatic heterocycles. The summed E-state index contributed by atoms with van der Waals surface area (Å²) < 4.78 is 2.09. The molecule has 0 bridgehead atoms. The van der Waals surface area contributed by atoms with Crippen LogP contribution in [0.25, 0.3) is 22.0 Å². The summed E-state index contributed by atoms with van der Waals surface area (Å²) in [7, 11) is 0. The first-order chi connectivity index (χ1) is 23.6. The predicted molar refractivity (Wildman–Crippen MR) is 212 cm³/mol. The Balaban J connectivity index is 0.000000216. The number of hydrogen-bond acceptors (Lipinski definition) is 2. The van der Waals surface area contributed by atoms with E-state index in [9.17, 15) is 0 Å². The molecule has 0 fully saturated rings. The van der Waals surface area contributed by atoms with Crippen molar-refractivity contribution in [3.05, 3.63) is 213 Å². The van der Waals surface area contributed by atoms with E-state index in [4.69, 9.17) is 10.6 Å². The van der Waals surface area contributed by atoms with E-state index in [1.165, 1.54) is 0 Å². The summed E-state index contributed by atoms with van der Waals surface area (Å²) in [5, 5.41) is 9.49. The van der Waals surface area contributed by atoms with Gasteiger partial charge in [-0.05, 0) is 59.7 Å². The zero-order chi connectivity index (χ0) is 33.2. The second-order valence-electron chi connectivity index (χ2n) is 10.2. The van der Waals surface area contributed by atoms with Crippen LogP contribution in [0.2, 0.25) is 0 Å². The number of para-hydroxylation sites is 4. The van der Waals surface area contributed by atoms with Crippen LogP contribution in [0.3, 0.4) is 0 Å². The molecule has 243 valence electrons. The van der Waals surface area contributed by atoms with Crippen LogP contribution in [-0.4, -0.2) is 12.4 Å². The molecule has 0 saturated carbocycles. The van der Waals surface area contributed by atoms with Gasteiger partial charge in [0.1, 0.15) is 0 Å². The molecule has 0 heterocycles. The fourth-order valence-electron chi connectivity index (χ4n) is 4.34. The molecule has 1 radical (unpaired) electrons. The minimum Gasteiger partial charge on any atom is -0.657 e. The van der Waals surface area contributed by atoms with Gasteiger partial charge < -0.3 is 10.6 Å². The van der Waals surface area contributed by atoms with E-state index in [1.807, 2.05) is 182 Å². The minimum absolute atomic E-state index is 0. The Hall–Kier alpha value is -4.79. The van der Waals surface area contributed by atoms with Crippen molar-refractivity contribution in [2.24, 2.45) is 9.98 Å². The van der Waals surface area contributed by atoms with E-state index < -0.39 is 0 Å². The molecule has 0 amide bonds. The van der Waals surface area contributed by atoms with Crippen molar-refractivity contribution in [1.29, 1.82) is 0 Å². The summed E-state index contributed by atoms with van der Waals surface area (Å²) in [6.45, 7) is 0. The number of allylic oxidation sites excluding steroid dienone is 2. The molecule has 0 aromatic heterocycles. The molecule has 0 aliphatic rings. The Bertz CT molecular complexity index is 1800. The molecular formula is C42H32Br2CoN4. The normalized spacial score (nSPS) is 11.4. The van der Waals surface area contributed by atoms with Crippen molar-refractivity contribution < 1.29 is 16.8 Å². The number of rotatable bonds is 10. The second kappa shape index (κ2) is 20.5. The van der Waals surface area contributed by atoms with Gasteiger partial charge >= 0.3 is 16.8 Å². The Morgan fingerprint density at radius 1 is 0.408 bits per heavy atom. The summed E-state index contributed by atoms with van der Waals surface area (Å²) >= 11 is 6.94. The van der Waals surface area contributed by atoms with Crippen LogP contribution in [0.5, 0.6) is 0 Å². The topological polar surface area (TPSA) is 52.9 Å². The van der Waals surface area contributed by atoms with E-state index in [1.54, 1.807) is 12.4 Å². The maximum atomic E-state index is 4.74. The summed E-state index contributed by atoms with van der Waals surface area (Å²) in [5.41, 5.74) is 7.50. The van der Waals surface area contributed by atoms with Gasteiger partial charge in [-0.3, -0.25) is 9.98 Å². The summed E-state index contributed by atoms with van der Waals surface area (Å²) in [6.07, 6.45) is 7.45. The van der Waals surface area contributed by atoms with Gasteiger partial charge in [-0.25, -0.2) is 0 Å². The Kier molecular flexibility index (Phi) is 15.5. The largest absolute Gasteiger partial charge is 2.00 e. The zero-order valence-electron chi connectivity index (χ0n) is 26.4. The summed E-state index contributed by atoms with van der Waals surface area (Å²) in [6, 6.07) is 55.8. The number of aliphatic imine (C=N–C) groups is 2. The minimum atomic E-state index is 0.